The molecular weight excluding hydrogens is 604 g/mol. The van der Waals surface area contributed by atoms with Crippen LogP contribution < -0.4 is 5.32 Å². The number of hydrogen-bond acceptors (Lipinski definition) is 7. The van der Waals surface area contributed by atoms with Crippen molar-refractivity contribution < 1.29 is 27.9 Å². The van der Waals surface area contributed by atoms with Crippen LogP contribution in [0.15, 0.2) is 102 Å². The van der Waals surface area contributed by atoms with Gasteiger partial charge in [-0.2, -0.15) is 4.31 Å². The van der Waals surface area contributed by atoms with E-state index in [-0.39, 0.29) is 30.0 Å². The Morgan fingerprint density at radius 3 is 2.24 bits per heavy atom. The highest BCUT2D eigenvalue weighted by Gasteiger charge is 2.44. The van der Waals surface area contributed by atoms with Crippen LogP contribution in [0, 0.1) is 0 Å². The van der Waals surface area contributed by atoms with Crippen LogP contribution in [0.3, 0.4) is 0 Å². The van der Waals surface area contributed by atoms with Crippen molar-refractivity contribution in [1.29, 1.82) is 0 Å². The number of aliphatic carboxylic acids is 1. The molecule has 2 aromatic carbocycles. The van der Waals surface area contributed by atoms with Crippen molar-refractivity contribution in [1.82, 2.24) is 19.6 Å². The van der Waals surface area contributed by atoms with Gasteiger partial charge in [0.2, 0.25) is 0 Å². The second-order valence-corrected chi connectivity index (χ2v) is 14.2. The summed E-state index contributed by atoms with van der Waals surface area (Å²) < 4.78 is 34.5. The molecule has 5 rings (SSSR count). The molecule has 0 radical (unpaired) electrons. The molecule has 1 aliphatic rings. The van der Waals surface area contributed by atoms with Gasteiger partial charge < -0.3 is 15.2 Å². The third-order valence-corrected chi connectivity index (χ3v) is 9.68. The molecule has 2 N–H and O–H groups in total. The predicted octanol–water partition coefficient (Wildman–Crippen LogP) is 5.27. The SMILES string of the molecule is CC(C)(Cc1cccc(CN(Cc2ccc(C3(Cc4ccccc4)CC3)cc2)S(=O)(=O)c2ccccn2)n1)OC(=O)NCC(=O)O. The standard InChI is InChI=1S/C35H38N4O6S/c1-34(2,45-33(42)37-23-32(40)41)22-29-11-8-12-30(38-29)25-39(46(43,44)31-13-6-7-20-36-31)24-27-14-16-28(17-15-27)35(18-19-35)21-26-9-4-3-5-10-26/h3-17,20H,18-19,21-25H2,1-2H3,(H,37,42)(H,40,41). The molecule has 0 unspecified atom stereocenters. The highest BCUT2D eigenvalue weighted by molar-refractivity contribution is 7.89. The number of carboxylic acid groups (broad SMARTS) is 1. The third-order valence-electron chi connectivity index (χ3n) is 7.97. The summed E-state index contributed by atoms with van der Waals surface area (Å²) in [6.45, 7) is 2.94. The van der Waals surface area contributed by atoms with E-state index < -0.39 is 34.2 Å². The van der Waals surface area contributed by atoms with Crippen molar-refractivity contribution in [3.63, 3.8) is 0 Å². The molecule has 0 spiro atoms. The number of ether oxygens (including phenoxy) is 1. The molecule has 2 aromatic heterocycles. The average molecular weight is 643 g/mol. The first kappa shape index (κ1) is 32.8. The van der Waals surface area contributed by atoms with Gasteiger partial charge in [0, 0.05) is 24.9 Å². The van der Waals surface area contributed by atoms with E-state index in [1.54, 1.807) is 44.2 Å². The zero-order chi connectivity index (χ0) is 32.8. The van der Waals surface area contributed by atoms with Crippen molar-refractivity contribution >= 4 is 22.1 Å². The van der Waals surface area contributed by atoms with Crippen molar-refractivity contribution in [3.05, 3.63) is 125 Å². The van der Waals surface area contributed by atoms with Gasteiger partial charge in [0.25, 0.3) is 10.0 Å². The largest absolute Gasteiger partial charge is 0.480 e. The van der Waals surface area contributed by atoms with E-state index in [2.05, 4.69) is 46.7 Å². The molecular formula is C35H38N4O6S. The Labute approximate surface area is 269 Å². The first-order valence-corrected chi connectivity index (χ1v) is 16.6. The maximum Gasteiger partial charge on any atom is 0.408 e. The van der Waals surface area contributed by atoms with E-state index >= 15 is 0 Å². The number of nitrogens with one attached hydrogen (secondary N) is 1. The zero-order valence-electron chi connectivity index (χ0n) is 25.9. The number of hydrogen-bond donors (Lipinski definition) is 2. The molecule has 0 aliphatic heterocycles. The van der Waals surface area contributed by atoms with Crippen LogP contribution in [-0.2, 0) is 50.9 Å². The minimum absolute atomic E-state index is 0.00712. The normalized spacial score (nSPS) is 14.1. The second kappa shape index (κ2) is 13.8. The van der Waals surface area contributed by atoms with Gasteiger partial charge in [0.1, 0.15) is 12.1 Å². The molecule has 4 aromatic rings. The Bertz CT molecular complexity index is 1760. The number of aromatic nitrogens is 2. The van der Waals surface area contributed by atoms with Crippen LogP contribution >= 0.6 is 0 Å². The lowest BCUT2D eigenvalue weighted by Crippen LogP contribution is -2.38. The molecule has 1 aliphatic carbocycles. The number of alkyl carbamates (subject to hydrolysis) is 1. The Morgan fingerprint density at radius 1 is 0.891 bits per heavy atom. The first-order valence-electron chi connectivity index (χ1n) is 15.1. The molecule has 240 valence electrons. The molecule has 0 bridgehead atoms. The fourth-order valence-electron chi connectivity index (χ4n) is 5.53. The average Bonchev–Trinajstić information content (AvgIpc) is 3.81. The summed E-state index contributed by atoms with van der Waals surface area (Å²) in [5, 5.41) is 10.9. The van der Waals surface area contributed by atoms with Crippen LogP contribution in [0.25, 0.3) is 0 Å². The van der Waals surface area contributed by atoms with Crippen LogP contribution in [0.1, 0.15) is 54.8 Å². The lowest BCUT2D eigenvalue weighted by molar-refractivity contribution is -0.136. The molecule has 10 nitrogen and oxygen atoms in total. The van der Waals surface area contributed by atoms with Gasteiger partial charge in [0.05, 0.1) is 12.2 Å². The lowest BCUT2D eigenvalue weighted by atomic mass is 9.88. The van der Waals surface area contributed by atoms with Gasteiger partial charge in [0.15, 0.2) is 5.03 Å². The number of carbonyl (C=O) groups is 2. The molecule has 2 heterocycles. The topological polar surface area (TPSA) is 139 Å². The lowest BCUT2D eigenvalue weighted by Gasteiger charge is -2.25. The Kier molecular flexibility index (Phi) is 9.83. The van der Waals surface area contributed by atoms with E-state index in [0.29, 0.717) is 11.4 Å². The number of nitrogens with zero attached hydrogens (tertiary/aromatic N) is 3. The summed E-state index contributed by atoms with van der Waals surface area (Å²) >= 11 is 0. The number of carboxylic acids is 1. The molecule has 46 heavy (non-hydrogen) atoms. The van der Waals surface area contributed by atoms with Gasteiger partial charge in [-0.25, -0.2) is 18.2 Å². The van der Waals surface area contributed by atoms with Gasteiger partial charge in [-0.3, -0.25) is 9.78 Å². The van der Waals surface area contributed by atoms with E-state index in [9.17, 15) is 18.0 Å². The maximum atomic E-state index is 13.9. The summed E-state index contributed by atoms with van der Waals surface area (Å²) in [4.78, 5) is 31.6. The molecule has 0 saturated heterocycles. The molecule has 1 fully saturated rings. The maximum absolute atomic E-state index is 13.9. The van der Waals surface area contributed by atoms with Crippen LogP contribution in [0.2, 0.25) is 0 Å². The number of rotatable bonds is 14. The van der Waals surface area contributed by atoms with E-state index in [1.165, 1.54) is 27.7 Å². The number of amides is 1. The molecule has 11 heteroatoms. The van der Waals surface area contributed by atoms with E-state index in [1.807, 2.05) is 18.2 Å². The smallest absolute Gasteiger partial charge is 0.408 e. The quantitative estimate of drug-likeness (QED) is 0.190. The Morgan fingerprint density at radius 2 is 1.59 bits per heavy atom. The van der Waals surface area contributed by atoms with Crippen molar-refractivity contribution in [2.45, 2.75) is 68.7 Å². The summed E-state index contributed by atoms with van der Waals surface area (Å²) in [6, 6.07) is 28.8. The third kappa shape index (κ3) is 8.55. The number of carbonyl (C=O) groups excluding carboxylic acids is 1. The highest BCUT2D eigenvalue weighted by Crippen LogP contribution is 2.50. The van der Waals surface area contributed by atoms with E-state index in [4.69, 9.17) is 14.8 Å². The molecule has 1 saturated carbocycles. The van der Waals surface area contributed by atoms with Gasteiger partial charge in [-0.1, -0.05) is 66.7 Å². The minimum atomic E-state index is -3.98. The molecule has 0 atom stereocenters. The van der Waals surface area contributed by atoms with Crippen LogP contribution in [-0.4, -0.2) is 52.0 Å². The number of pyridine rings is 2. The minimum Gasteiger partial charge on any atom is -0.480 e. The Hall–Kier alpha value is -4.61. The summed E-state index contributed by atoms with van der Waals surface area (Å²) in [7, 11) is -3.98. The first-order chi connectivity index (χ1) is 21.9. The van der Waals surface area contributed by atoms with Crippen LogP contribution in [0.4, 0.5) is 4.79 Å². The van der Waals surface area contributed by atoms with E-state index in [0.717, 1.165) is 24.8 Å². The van der Waals surface area contributed by atoms with Crippen molar-refractivity contribution in [2.24, 2.45) is 0 Å². The van der Waals surface area contributed by atoms with Gasteiger partial charge in [-0.15, -0.1) is 0 Å². The summed E-state index contributed by atoms with van der Waals surface area (Å²) in [6.07, 6.45) is 4.05. The fraction of sp³-hybridized carbons (Fsp3) is 0.314. The highest BCUT2D eigenvalue weighted by atomic mass is 32.2. The summed E-state index contributed by atoms with van der Waals surface area (Å²) in [5.41, 5.74) is 3.63. The predicted molar refractivity (Wildman–Crippen MR) is 172 cm³/mol. The van der Waals surface area contributed by atoms with Crippen LogP contribution in [0.5, 0.6) is 0 Å². The van der Waals surface area contributed by atoms with Crippen molar-refractivity contribution in [3.8, 4) is 0 Å². The van der Waals surface area contributed by atoms with Gasteiger partial charge in [-0.05, 0) is 79.5 Å². The number of sulfonamides is 1. The monoisotopic (exact) mass is 642 g/mol. The Balaban J connectivity index is 1.33. The second-order valence-electron chi connectivity index (χ2n) is 12.3. The summed E-state index contributed by atoms with van der Waals surface area (Å²) in [5.74, 6) is -1.18. The fourth-order valence-corrected chi connectivity index (χ4v) is 6.86. The zero-order valence-corrected chi connectivity index (χ0v) is 26.7. The molecule has 1 amide bonds. The van der Waals surface area contributed by atoms with Gasteiger partial charge >= 0.3 is 12.1 Å². The van der Waals surface area contributed by atoms with Crippen molar-refractivity contribution in [2.75, 3.05) is 6.54 Å². The number of benzene rings is 2.